The van der Waals surface area contributed by atoms with Crippen LogP contribution in [-0.2, 0) is 16.1 Å². The summed E-state index contributed by atoms with van der Waals surface area (Å²) in [5.41, 5.74) is 0.461. The maximum Gasteiger partial charge on any atom is 0.255 e. The number of benzene rings is 1. The fourth-order valence-electron chi connectivity index (χ4n) is 5.49. The first-order chi connectivity index (χ1) is 13.8. The van der Waals surface area contributed by atoms with E-state index in [1.165, 1.54) is 17.0 Å². The van der Waals surface area contributed by atoms with Crippen LogP contribution in [0.5, 0.6) is 0 Å². The van der Waals surface area contributed by atoms with Crippen LogP contribution in [0, 0.1) is 17.2 Å². The summed E-state index contributed by atoms with van der Waals surface area (Å²) in [6.45, 7) is 1.92. The number of halogens is 1. The summed E-state index contributed by atoms with van der Waals surface area (Å²) in [6.07, 6.45) is 3.72. The third-order valence-corrected chi connectivity index (χ3v) is 7.48. The number of amides is 2. The molecular weight excluding hydrogens is 375 g/mol. The highest BCUT2D eigenvalue weighted by molar-refractivity contribution is 6.08. The first kappa shape index (κ1) is 18.5. The van der Waals surface area contributed by atoms with Gasteiger partial charge in [0.2, 0.25) is 0 Å². The summed E-state index contributed by atoms with van der Waals surface area (Å²) in [4.78, 5) is 50.5. The van der Waals surface area contributed by atoms with Gasteiger partial charge in [0.1, 0.15) is 11.6 Å². The quantitative estimate of drug-likeness (QED) is 0.790. The molecule has 6 nitrogen and oxygen atoms in total. The van der Waals surface area contributed by atoms with Crippen molar-refractivity contribution in [2.24, 2.45) is 11.3 Å². The molecule has 0 saturated heterocycles. The Morgan fingerprint density at radius 1 is 1.24 bits per heavy atom. The lowest BCUT2D eigenvalue weighted by atomic mass is 9.42. The second-order valence-electron chi connectivity index (χ2n) is 9.16. The number of Topliss-reactive ketones (excluding diaryl/α,β-unsaturated/α-hetero) is 2. The average molecular weight is 398 g/mol. The van der Waals surface area contributed by atoms with Crippen molar-refractivity contribution in [3.05, 3.63) is 34.6 Å². The van der Waals surface area contributed by atoms with Crippen LogP contribution in [0.15, 0.2) is 12.1 Å². The normalized spacial score (nSPS) is 31.1. The van der Waals surface area contributed by atoms with Crippen LogP contribution < -0.4 is 5.32 Å². The van der Waals surface area contributed by atoms with Crippen LogP contribution in [0.3, 0.4) is 0 Å². The second-order valence-corrected chi connectivity index (χ2v) is 9.16. The molecule has 152 valence electrons. The standard InChI is InChI=1S/C22H23FN2O4/c1-11(22-7-12(8-22)9-22)24-20(28)15-4-3-14-16(19(15)23)10-25(21(14)29)17-5-2-13(26)6-18(17)27/h3-4,11-12,17H,2,5-10H2,1H3,(H,24,28)/t11-,12?,17?,22?/m0/s1. The van der Waals surface area contributed by atoms with Gasteiger partial charge in [-0.15, -0.1) is 0 Å². The second kappa shape index (κ2) is 6.21. The molecule has 1 N–H and O–H groups in total. The molecule has 0 aromatic heterocycles. The minimum Gasteiger partial charge on any atom is -0.349 e. The Bertz CT molecular complexity index is 955. The van der Waals surface area contributed by atoms with Crippen LogP contribution >= 0.6 is 0 Å². The van der Waals surface area contributed by atoms with Gasteiger partial charge in [0.25, 0.3) is 11.8 Å². The molecule has 1 heterocycles. The maximum absolute atomic E-state index is 15.2. The van der Waals surface area contributed by atoms with E-state index in [1.807, 2.05) is 6.92 Å². The van der Waals surface area contributed by atoms with Gasteiger partial charge in [0, 0.05) is 23.6 Å². The lowest BCUT2D eigenvalue weighted by Gasteiger charge is -2.64. The molecule has 2 bridgehead atoms. The van der Waals surface area contributed by atoms with Gasteiger partial charge >= 0.3 is 0 Å². The molecule has 29 heavy (non-hydrogen) atoms. The molecule has 1 aromatic rings. The van der Waals surface area contributed by atoms with Crippen LogP contribution in [0.4, 0.5) is 4.39 Å². The van der Waals surface area contributed by atoms with E-state index in [1.54, 1.807) is 0 Å². The fourth-order valence-corrected chi connectivity index (χ4v) is 5.49. The van der Waals surface area contributed by atoms with Gasteiger partial charge in [-0.1, -0.05) is 0 Å². The fraction of sp³-hybridized carbons (Fsp3) is 0.545. The average Bonchev–Trinajstić information content (AvgIpc) is 2.90. The van der Waals surface area contributed by atoms with Gasteiger partial charge in [-0.25, -0.2) is 4.39 Å². The summed E-state index contributed by atoms with van der Waals surface area (Å²) in [7, 11) is 0. The van der Waals surface area contributed by atoms with Crippen LogP contribution in [-0.4, -0.2) is 40.4 Å². The molecule has 4 fully saturated rings. The molecule has 4 aliphatic carbocycles. The number of carbonyl (C=O) groups is 4. The van der Waals surface area contributed by atoms with Gasteiger partial charge in [-0.3, -0.25) is 19.2 Å². The molecule has 5 aliphatic rings. The Balaban J connectivity index is 1.35. The highest BCUT2D eigenvalue weighted by Gasteiger charge is 2.59. The van der Waals surface area contributed by atoms with E-state index in [-0.39, 0.29) is 65.5 Å². The van der Waals surface area contributed by atoms with Gasteiger partial charge in [0.15, 0.2) is 5.78 Å². The molecule has 2 atom stereocenters. The van der Waals surface area contributed by atoms with E-state index in [4.69, 9.17) is 0 Å². The highest BCUT2D eigenvalue weighted by Crippen LogP contribution is 2.66. The summed E-state index contributed by atoms with van der Waals surface area (Å²) < 4.78 is 15.2. The lowest BCUT2D eigenvalue weighted by molar-refractivity contribution is -0.133. The minimum absolute atomic E-state index is 0.0109. The number of rotatable bonds is 4. The molecule has 7 heteroatoms. The SMILES string of the molecule is C[C@H](NC(=O)c1ccc2c(c1F)CN(C1CCC(=O)CC1=O)C2=O)C12CC(C1)C2. The Kier molecular flexibility index (Phi) is 3.95. The summed E-state index contributed by atoms with van der Waals surface area (Å²) >= 11 is 0. The first-order valence-electron chi connectivity index (χ1n) is 10.3. The van der Waals surface area contributed by atoms with Gasteiger partial charge in [-0.2, -0.15) is 0 Å². The van der Waals surface area contributed by atoms with Crippen molar-refractivity contribution in [1.82, 2.24) is 10.2 Å². The molecule has 6 rings (SSSR count). The van der Waals surface area contributed by atoms with Crippen molar-refractivity contribution in [2.45, 2.75) is 64.1 Å². The molecule has 1 unspecified atom stereocenters. The number of ketones is 2. The number of fused-ring (bicyclic) bond motifs is 1. The number of carbonyl (C=O) groups excluding carboxylic acids is 4. The van der Waals surface area contributed by atoms with E-state index < -0.39 is 23.7 Å². The largest absolute Gasteiger partial charge is 0.349 e. The van der Waals surface area contributed by atoms with E-state index in [9.17, 15) is 19.2 Å². The number of nitrogens with one attached hydrogen (secondary N) is 1. The number of hydrogen-bond donors (Lipinski definition) is 1. The van der Waals surface area contributed by atoms with Crippen molar-refractivity contribution in [3.8, 4) is 0 Å². The lowest BCUT2D eigenvalue weighted by Crippen LogP contribution is -2.62. The van der Waals surface area contributed by atoms with Gasteiger partial charge in [-0.05, 0) is 56.1 Å². The highest BCUT2D eigenvalue weighted by atomic mass is 19.1. The minimum atomic E-state index is -0.700. The van der Waals surface area contributed by atoms with E-state index in [0.717, 1.165) is 25.2 Å². The molecule has 1 aromatic carbocycles. The third-order valence-electron chi connectivity index (χ3n) is 7.48. The van der Waals surface area contributed by atoms with Crippen molar-refractivity contribution < 1.29 is 23.6 Å². The monoisotopic (exact) mass is 398 g/mol. The van der Waals surface area contributed by atoms with Gasteiger partial charge < -0.3 is 10.2 Å². The zero-order valence-corrected chi connectivity index (χ0v) is 16.3. The van der Waals surface area contributed by atoms with E-state index >= 15 is 4.39 Å². The van der Waals surface area contributed by atoms with Gasteiger partial charge in [0.05, 0.1) is 24.6 Å². The molecule has 0 radical (unpaired) electrons. The van der Waals surface area contributed by atoms with E-state index in [0.29, 0.717) is 0 Å². The number of nitrogens with zero attached hydrogens (tertiary/aromatic N) is 1. The smallest absolute Gasteiger partial charge is 0.255 e. The molecule has 2 amide bonds. The van der Waals surface area contributed by atoms with Crippen molar-refractivity contribution in [1.29, 1.82) is 0 Å². The topological polar surface area (TPSA) is 83.6 Å². The Morgan fingerprint density at radius 2 is 1.97 bits per heavy atom. The molecule has 1 aliphatic heterocycles. The predicted molar refractivity (Wildman–Crippen MR) is 101 cm³/mol. The zero-order valence-electron chi connectivity index (χ0n) is 16.3. The molecular formula is C22H23FN2O4. The summed E-state index contributed by atoms with van der Waals surface area (Å²) in [5, 5.41) is 2.94. The summed E-state index contributed by atoms with van der Waals surface area (Å²) in [5.74, 6) is -1.21. The molecule has 0 spiro atoms. The van der Waals surface area contributed by atoms with Crippen LogP contribution in [0.25, 0.3) is 0 Å². The van der Waals surface area contributed by atoms with E-state index in [2.05, 4.69) is 5.32 Å². The van der Waals surface area contributed by atoms with Crippen LogP contribution in [0.1, 0.15) is 71.7 Å². The molecule has 4 saturated carbocycles. The first-order valence-corrected chi connectivity index (χ1v) is 10.3. The predicted octanol–water partition coefficient (Wildman–Crippen LogP) is 2.39. The Morgan fingerprint density at radius 3 is 2.59 bits per heavy atom. The zero-order chi connectivity index (χ0) is 20.5. The van der Waals surface area contributed by atoms with Crippen LogP contribution in [0.2, 0.25) is 0 Å². The Hall–Kier alpha value is -2.57. The third kappa shape index (κ3) is 2.66. The summed E-state index contributed by atoms with van der Waals surface area (Å²) in [6, 6.07) is 2.11. The number of hydrogen-bond acceptors (Lipinski definition) is 4. The Labute approximate surface area is 167 Å². The van der Waals surface area contributed by atoms with Crippen molar-refractivity contribution >= 4 is 23.4 Å². The van der Waals surface area contributed by atoms with Crippen molar-refractivity contribution in [2.75, 3.05) is 0 Å². The maximum atomic E-state index is 15.2. The van der Waals surface area contributed by atoms with Crippen molar-refractivity contribution in [3.63, 3.8) is 0 Å².